The smallest absolute Gasteiger partial charge is 0.195 e. The summed E-state index contributed by atoms with van der Waals surface area (Å²) in [6, 6.07) is 15.9. The number of fused-ring (bicyclic) bond motifs is 1. The minimum absolute atomic E-state index is 0.0875. The average molecular weight is 263 g/mol. The van der Waals surface area contributed by atoms with Gasteiger partial charge < -0.3 is 4.57 Å². The van der Waals surface area contributed by atoms with Gasteiger partial charge in [0.05, 0.1) is 0 Å². The number of rotatable bonds is 3. The molecule has 0 bridgehead atoms. The van der Waals surface area contributed by atoms with Gasteiger partial charge in [0.25, 0.3) is 0 Å². The SMILES string of the molecule is CCc1ccc(C(=O)c2cn(C)c3ccccc23)cc1. The van der Waals surface area contributed by atoms with Gasteiger partial charge in [-0.1, -0.05) is 49.4 Å². The lowest BCUT2D eigenvalue weighted by atomic mass is 10.0. The van der Waals surface area contributed by atoms with E-state index in [1.807, 2.05) is 66.3 Å². The van der Waals surface area contributed by atoms with Gasteiger partial charge in [-0.3, -0.25) is 4.79 Å². The predicted octanol–water partition coefficient (Wildman–Crippen LogP) is 3.97. The highest BCUT2D eigenvalue weighted by molar-refractivity contribution is 6.16. The number of para-hydroxylation sites is 1. The van der Waals surface area contributed by atoms with Gasteiger partial charge in [0, 0.05) is 35.3 Å². The number of aryl methyl sites for hydroxylation is 2. The third kappa shape index (κ3) is 2.03. The lowest BCUT2D eigenvalue weighted by Gasteiger charge is -2.01. The van der Waals surface area contributed by atoms with Crippen molar-refractivity contribution in [2.75, 3.05) is 0 Å². The van der Waals surface area contributed by atoms with Crippen molar-refractivity contribution in [1.29, 1.82) is 0 Å². The molecular formula is C18H17NO. The molecule has 2 aromatic carbocycles. The predicted molar refractivity (Wildman–Crippen MR) is 82.2 cm³/mol. The van der Waals surface area contributed by atoms with Crippen LogP contribution in [0.4, 0.5) is 0 Å². The lowest BCUT2D eigenvalue weighted by Crippen LogP contribution is -2.00. The van der Waals surface area contributed by atoms with Crippen molar-refractivity contribution in [3.63, 3.8) is 0 Å². The summed E-state index contributed by atoms with van der Waals surface area (Å²) in [4.78, 5) is 12.7. The van der Waals surface area contributed by atoms with E-state index in [2.05, 4.69) is 6.92 Å². The van der Waals surface area contributed by atoms with Crippen molar-refractivity contribution in [1.82, 2.24) is 4.57 Å². The van der Waals surface area contributed by atoms with Crippen LogP contribution in [0.5, 0.6) is 0 Å². The van der Waals surface area contributed by atoms with Crippen molar-refractivity contribution >= 4 is 16.7 Å². The topological polar surface area (TPSA) is 22.0 Å². The summed E-state index contributed by atoms with van der Waals surface area (Å²) in [7, 11) is 1.97. The lowest BCUT2D eigenvalue weighted by molar-refractivity contribution is 0.104. The molecule has 0 saturated heterocycles. The molecule has 0 radical (unpaired) electrons. The maximum Gasteiger partial charge on any atom is 0.195 e. The Bertz CT molecular complexity index is 766. The first-order chi connectivity index (χ1) is 9.70. The van der Waals surface area contributed by atoms with Gasteiger partial charge in [-0.05, 0) is 18.1 Å². The Balaban J connectivity index is 2.08. The molecule has 0 unspecified atom stereocenters. The molecule has 1 aromatic heterocycles. The molecule has 3 rings (SSSR count). The van der Waals surface area contributed by atoms with Crippen LogP contribution in [-0.4, -0.2) is 10.4 Å². The molecule has 100 valence electrons. The molecule has 0 aliphatic heterocycles. The molecule has 0 N–H and O–H groups in total. The van der Waals surface area contributed by atoms with Gasteiger partial charge in [0.2, 0.25) is 0 Å². The van der Waals surface area contributed by atoms with Crippen LogP contribution in [0.15, 0.2) is 54.7 Å². The summed E-state index contributed by atoms with van der Waals surface area (Å²) in [6.07, 6.45) is 2.91. The number of carbonyl (C=O) groups is 1. The fraction of sp³-hybridized carbons (Fsp3) is 0.167. The quantitative estimate of drug-likeness (QED) is 0.655. The van der Waals surface area contributed by atoms with Crippen molar-refractivity contribution in [3.8, 4) is 0 Å². The highest BCUT2D eigenvalue weighted by atomic mass is 16.1. The third-order valence-electron chi connectivity index (χ3n) is 3.77. The molecule has 3 aromatic rings. The standard InChI is InChI=1S/C18H17NO/c1-3-13-8-10-14(11-9-13)18(20)16-12-19(2)17-7-5-4-6-15(16)17/h4-12H,3H2,1-2H3. The molecular weight excluding hydrogens is 246 g/mol. The molecule has 0 aliphatic rings. The molecule has 2 nitrogen and oxygen atoms in total. The monoisotopic (exact) mass is 263 g/mol. The van der Waals surface area contributed by atoms with Crippen molar-refractivity contribution in [2.24, 2.45) is 7.05 Å². The van der Waals surface area contributed by atoms with Crippen LogP contribution in [-0.2, 0) is 13.5 Å². The zero-order chi connectivity index (χ0) is 14.1. The largest absolute Gasteiger partial charge is 0.350 e. The highest BCUT2D eigenvalue weighted by Gasteiger charge is 2.15. The van der Waals surface area contributed by atoms with Gasteiger partial charge in [-0.25, -0.2) is 0 Å². The van der Waals surface area contributed by atoms with Gasteiger partial charge in [0.15, 0.2) is 5.78 Å². The van der Waals surface area contributed by atoms with Crippen molar-refractivity contribution < 1.29 is 4.79 Å². The second kappa shape index (κ2) is 4.97. The van der Waals surface area contributed by atoms with E-state index < -0.39 is 0 Å². The summed E-state index contributed by atoms with van der Waals surface area (Å²) in [5.74, 6) is 0.0875. The number of benzene rings is 2. The maximum absolute atomic E-state index is 12.7. The maximum atomic E-state index is 12.7. The zero-order valence-electron chi connectivity index (χ0n) is 11.8. The number of aromatic nitrogens is 1. The van der Waals surface area contributed by atoms with E-state index in [0.29, 0.717) is 0 Å². The Morgan fingerprint density at radius 1 is 1.05 bits per heavy atom. The molecule has 0 aliphatic carbocycles. The van der Waals surface area contributed by atoms with E-state index >= 15 is 0 Å². The van der Waals surface area contributed by atoms with Crippen LogP contribution in [0.3, 0.4) is 0 Å². The van der Waals surface area contributed by atoms with Gasteiger partial charge in [-0.15, -0.1) is 0 Å². The first kappa shape index (κ1) is 12.7. The van der Waals surface area contributed by atoms with Crippen LogP contribution in [0.25, 0.3) is 10.9 Å². The Morgan fingerprint density at radius 2 is 1.75 bits per heavy atom. The molecule has 2 heteroatoms. The van der Waals surface area contributed by atoms with Gasteiger partial charge >= 0.3 is 0 Å². The Kier molecular flexibility index (Phi) is 3.15. The van der Waals surface area contributed by atoms with Crippen LogP contribution >= 0.6 is 0 Å². The first-order valence-corrected chi connectivity index (χ1v) is 6.88. The van der Waals surface area contributed by atoms with E-state index in [-0.39, 0.29) is 5.78 Å². The number of hydrogen-bond acceptors (Lipinski definition) is 1. The summed E-state index contributed by atoms with van der Waals surface area (Å²) >= 11 is 0. The van der Waals surface area contributed by atoms with E-state index in [1.54, 1.807) is 0 Å². The van der Waals surface area contributed by atoms with Gasteiger partial charge in [0.1, 0.15) is 0 Å². The second-order valence-electron chi connectivity index (χ2n) is 5.05. The van der Waals surface area contributed by atoms with Crippen molar-refractivity contribution in [2.45, 2.75) is 13.3 Å². The Morgan fingerprint density at radius 3 is 2.45 bits per heavy atom. The van der Waals surface area contributed by atoms with Crippen LogP contribution in [0.1, 0.15) is 28.4 Å². The van der Waals surface area contributed by atoms with Crippen LogP contribution < -0.4 is 0 Å². The summed E-state index contributed by atoms with van der Waals surface area (Å²) in [5.41, 5.74) is 3.85. The molecule has 0 fully saturated rings. The van der Waals surface area contributed by atoms with E-state index in [4.69, 9.17) is 0 Å². The minimum Gasteiger partial charge on any atom is -0.350 e. The summed E-state index contributed by atoms with van der Waals surface area (Å²) in [6.45, 7) is 2.11. The van der Waals surface area contributed by atoms with Crippen LogP contribution in [0.2, 0.25) is 0 Å². The van der Waals surface area contributed by atoms with E-state index in [9.17, 15) is 4.79 Å². The average Bonchev–Trinajstić information content (AvgIpc) is 2.84. The van der Waals surface area contributed by atoms with Gasteiger partial charge in [-0.2, -0.15) is 0 Å². The fourth-order valence-corrected chi connectivity index (χ4v) is 2.57. The number of nitrogens with zero attached hydrogens (tertiary/aromatic N) is 1. The Hall–Kier alpha value is -2.35. The number of ketones is 1. The minimum atomic E-state index is 0.0875. The molecule has 1 heterocycles. The third-order valence-corrected chi connectivity index (χ3v) is 3.77. The van der Waals surface area contributed by atoms with E-state index in [0.717, 1.165) is 28.5 Å². The summed E-state index contributed by atoms with van der Waals surface area (Å²) < 4.78 is 2.00. The molecule has 0 saturated carbocycles. The normalized spacial score (nSPS) is 10.9. The summed E-state index contributed by atoms with van der Waals surface area (Å²) in [5, 5.41) is 1.01. The number of hydrogen-bond donors (Lipinski definition) is 0. The molecule has 20 heavy (non-hydrogen) atoms. The molecule has 0 amide bonds. The van der Waals surface area contributed by atoms with E-state index in [1.165, 1.54) is 5.56 Å². The zero-order valence-corrected chi connectivity index (χ0v) is 11.8. The second-order valence-corrected chi connectivity index (χ2v) is 5.05. The Labute approximate surface area is 118 Å². The molecule has 0 spiro atoms. The fourth-order valence-electron chi connectivity index (χ4n) is 2.57. The first-order valence-electron chi connectivity index (χ1n) is 6.88. The number of carbonyl (C=O) groups excluding carboxylic acids is 1. The van der Waals surface area contributed by atoms with Crippen molar-refractivity contribution in [3.05, 3.63) is 71.4 Å². The highest BCUT2D eigenvalue weighted by Crippen LogP contribution is 2.23. The molecule has 0 atom stereocenters. The van der Waals surface area contributed by atoms with Crippen LogP contribution in [0, 0.1) is 0 Å².